The molecule has 1 aromatic rings. The van der Waals surface area contributed by atoms with Gasteiger partial charge in [0.05, 0.1) is 10.6 Å². The van der Waals surface area contributed by atoms with E-state index in [0.29, 0.717) is 5.71 Å². The molecule has 0 radical (unpaired) electrons. The predicted molar refractivity (Wildman–Crippen MR) is 67.3 cm³/mol. The van der Waals surface area contributed by atoms with E-state index in [0.717, 1.165) is 0 Å². The quantitative estimate of drug-likeness (QED) is 0.386. The lowest BCUT2D eigenvalue weighted by Crippen LogP contribution is -2.26. The first-order valence-electron chi connectivity index (χ1n) is 5.44. The van der Waals surface area contributed by atoms with Gasteiger partial charge < -0.3 is 9.94 Å². The Hall–Kier alpha value is -2.11. The average Bonchev–Trinajstić information content (AvgIpc) is 2.28. The van der Waals surface area contributed by atoms with Gasteiger partial charge in [-0.15, -0.1) is 0 Å². The van der Waals surface area contributed by atoms with Crippen molar-refractivity contribution in [3.8, 4) is 5.75 Å². The minimum Gasteiger partial charge on any atom is -0.480 e. The molecule has 6 nitrogen and oxygen atoms in total. The van der Waals surface area contributed by atoms with Crippen molar-refractivity contribution < 1.29 is 14.9 Å². The van der Waals surface area contributed by atoms with Gasteiger partial charge >= 0.3 is 5.69 Å². The average molecular weight is 252 g/mol. The van der Waals surface area contributed by atoms with E-state index in [2.05, 4.69) is 5.16 Å². The molecular formula is C12H16N2O4. The fraction of sp³-hybridized carbons (Fsp3) is 0.417. The van der Waals surface area contributed by atoms with Gasteiger partial charge in [-0.2, -0.15) is 0 Å². The minimum atomic E-state index is -0.512. The van der Waals surface area contributed by atoms with Crippen molar-refractivity contribution in [3.05, 3.63) is 34.4 Å². The normalized spacial score (nSPS) is 12.3. The highest BCUT2D eigenvalue weighted by Crippen LogP contribution is 2.26. The van der Waals surface area contributed by atoms with Crippen LogP contribution in [0.1, 0.15) is 20.8 Å². The zero-order valence-electron chi connectivity index (χ0n) is 10.6. The Balaban J connectivity index is 2.84. The van der Waals surface area contributed by atoms with Crippen LogP contribution in [0.2, 0.25) is 0 Å². The van der Waals surface area contributed by atoms with E-state index in [1.165, 1.54) is 12.1 Å². The Morgan fingerprint density at radius 2 is 2.06 bits per heavy atom. The van der Waals surface area contributed by atoms with Crippen molar-refractivity contribution in [2.45, 2.75) is 20.8 Å². The van der Waals surface area contributed by atoms with Crippen LogP contribution in [0.4, 0.5) is 5.69 Å². The summed E-state index contributed by atoms with van der Waals surface area (Å²) in [5, 5.41) is 22.8. The molecule has 0 saturated carbocycles. The lowest BCUT2D eigenvalue weighted by Gasteiger charge is -2.19. The summed E-state index contributed by atoms with van der Waals surface area (Å²) in [6.07, 6.45) is 0. The molecule has 98 valence electrons. The molecule has 0 heterocycles. The van der Waals surface area contributed by atoms with Crippen molar-refractivity contribution in [2.24, 2.45) is 10.6 Å². The summed E-state index contributed by atoms with van der Waals surface area (Å²) in [6, 6.07) is 6.09. The molecule has 1 N–H and O–H groups in total. The fourth-order valence-electron chi connectivity index (χ4n) is 1.27. The summed E-state index contributed by atoms with van der Waals surface area (Å²) in [7, 11) is 0. The molecule has 0 saturated heterocycles. The Morgan fingerprint density at radius 3 is 2.56 bits per heavy atom. The van der Waals surface area contributed by atoms with Gasteiger partial charge in [-0.25, -0.2) is 0 Å². The second kappa shape index (κ2) is 5.48. The molecule has 0 bridgehead atoms. The van der Waals surface area contributed by atoms with Gasteiger partial charge in [-0.1, -0.05) is 38.1 Å². The number of hydrogen-bond donors (Lipinski definition) is 1. The van der Waals surface area contributed by atoms with E-state index in [-0.39, 0.29) is 23.5 Å². The number of nitro groups is 1. The number of nitro benzene ring substituents is 1. The van der Waals surface area contributed by atoms with E-state index in [1.54, 1.807) is 12.1 Å². The number of rotatable bonds is 4. The smallest absolute Gasteiger partial charge is 0.310 e. The van der Waals surface area contributed by atoms with Gasteiger partial charge in [-0.3, -0.25) is 10.1 Å². The molecule has 1 rings (SSSR count). The van der Waals surface area contributed by atoms with Crippen LogP contribution < -0.4 is 4.74 Å². The third-order valence-electron chi connectivity index (χ3n) is 2.41. The maximum atomic E-state index is 10.8. The van der Waals surface area contributed by atoms with E-state index < -0.39 is 4.92 Å². The first-order valence-corrected chi connectivity index (χ1v) is 5.44. The molecule has 0 fully saturated rings. The maximum Gasteiger partial charge on any atom is 0.310 e. The van der Waals surface area contributed by atoms with Crippen LogP contribution in [0.25, 0.3) is 0 Å². The largest absolute Gasteiger partial charge is 0.480 e. The highest BCUT2D eigenvalue weighted by Gasteiger charge is 2.22. The predicted octanol–water partition coefficient (Wildman–Crippen LogP) is 2.85. The number of hydrogen-bond acceptors (Lipinski definition) is 5. The molecule has 0 atom stereocenters. The fourth-order valence-corrected chi connectivity index (χ4v) is 1.27. The van der Waals surface area contributed by atoms with Gasteiger partial charge in [0.2, 0.25) is 0 Å². The summed E-state index contributed by atoms with van der Waals surface area (Å²) >= 11 is 0. The molecule has 0 amide bonds. The van der Waals surface area contributed by atoms with E-state index >= 15 is 0 Å². The molecule has 18 heavy (non-hydrogen) atoms. The number of para-hydroxylation sites is 2. The highest BCUT2D eigenvalue weighted by molar-refractivity contribution is 5.90. The van der Waals surface area contributed by atoms with Crippen LogP contribution >= 0.6 is 0 Å². The summed E-state index contributed by atoms with van der Waals surface area (Å²) < 4.78 is 5.35. The summed E-state index contributed by atoms with van der Waals surface area (Å²) in [5.74, 6) is 0.160. The Labute approximate surface area is 105 Å². The van der Waals surface area contributed by atoms with E-state index in [4.69, 9.17) is 9.94 Å². The van der Waals surface area contributed by atoms with Gasteiger partial charge in [0, 0.05) is 11.5 Å². The molecule has 6 heteroatoms. The molecule has 0 unspecified atom stereocenters. The van der Waals surface area contributed by atoms with Gasteiger partial charge in [-0.05, 0) is 6.07 Å². The third-order valence-corrected chi connectivity index (χ3v) is 2.41. The van der Waals surface area contributed by atoms with Crippen molar-refractivity contribution in [2.75, 3.05) is 6.61 Å². The van der Waals surface area contributed by atoms with Crippen molar-refractivity contribution in [1.29, 1.82) is 0 Å². The van der Waals surface area contributed by atoms with Crippen molar-refractivity contribution in [1.82, 2.24) is 0 Å². The van der Waals surface area contributed by atoms with Crippen LogP contribution in [0.3, 0.4) is 0 Å². The number of ether oxygens (including phenoxy) is 1. The second-order valence-corrected chi connectivity index (χ2v) is 4.81. The molecule has 0 aliphatic carbocycles. The lowest BCUT2D eigenvalue weighted by atomic mass is 9.90. The maximum absolute atomic E-state index is 10.8. The molecule has 0 aromatic heterocycles. The minimum absolute atomic E-state index is 0.00481. The summed E-state index contributed by atoms with van der Waals surface area (Å²) in [6.45, 7) is 5.60. The van der Waals surface area contributed by atoms with Gasteiger partial charge in [0.15, 0.2) is 5.75 Å². The van der Waals surface area contributed by atoms with Crippen LogP contribution in [0.15, 0.2) is 29.4 Å². The molecular weight excluding hydrogens is 236 g/mol. The highest BCUT2D eigenvalue weighted by atomic mass is 16.6. The van der Waals surface area contributed by atoms with Crippen LogP contribution in [0, 0.1) is 15.5 Å². The molecule has 0 aliphatic heterocycles. The Bertz CT molecular complexity index is 463. The number of benzene rings is 1. The van der Waals surface area contributed by atoms with Gasteiger partial charge in [0.1, 0.15) is 6.61 Å². The Kier molecular flexibility index (Phi) is 4.25. The van der Waals surface area contributed by atoms with Crippen molar-refractivity contribution in [3.63, 3.8) is 0 Å². The SMILES string of the molecule is CC(C)(C)/C(COc1ccccc1[N+](=O)[O-])=N\O. The molecule has 1 aromatic carbocycles. The molecule has 0 aliphatic rings. The number of oxime groups is 1. The zero-order valence-corrected chi connectivity index (χ0v) is 10.6. The first kappa shape index (κ1) is 14.0. The van der Waals surface area contributed by atoms with Crippen LogP contribution in [-0.2, 0) is 0 Å². The second-order valence-electron chi connectivity index (χ2n) is 4.81. The first-order chi connectivity index (χ1) is 8.36. The van der Waals surface area contributed by atoms with Gasteiger partial charge in [0.25, 0.3) is 0 Å². The van der Waals surface area contributed by atoms with Crippen LogP contribution in [-0.4, -0.2) is 22.4 Å². The van der Waals surface area contributed by atoms with Crippen molar-refractivity contribution >= 4 is 11.4 Å². The van der Waals surface area contributed by atoms with Crippen LogP contribution in [0.5, 0.6) is 5.75 Å². The number of nitrogens with zero attached hydrogens (tertiary/aromatic N) is 2. The van der Waals surface area contributed by atoms with E-state index in [9.17, 15) is 10.1 Å². The molecule has 0 spiro atoms. The standard InChI is InChI=1S/C12H16N2O4/c1-12(2,3)11(13-15)8-18-10-7-5-4-6-9(10)14(16)17/h4-7,15H,8H2,1-3H3/b13-11-. The topological polar surface area (TPSA) is 85.0 Å². The Morgan fingerprint density at radius 1 is 1.44 bits per heavy atom. The summed E-state index contributed by atoms with van der Waals surface area (Å²) in [4.78, 5) is 10.3. The third kappa shape index (κ3) is 3.44. The zero-order chi connectivity index (χ0) is 13.8. The summed E-state index contributed by atoms with van der Waals surface area (Å²) in [5.41, 5.74) is -0.0532. The lowest BCUT2D eigenvalue weighted by molar-refractivity contribution is -0.385. The monoisotopic (exact) mass is 252 g/mol. The van der Waals surface area contributed by atoms with E-state index in [1.807, 2.05) is 20.8 Å².